The topological polar surface area (TPSA) is 42.7 Å². The predicted octanol–water partition coefficient (Wildman–Crippen LogP) is 2.03. The molecule has 0 radical (unpaired) electrons. The molecule has 0 saturated carbocycles. The maximum Gasteiger partial charge on any atom is 0.119 e. The van der Waals surface area contributed by atoms with Gasteiger partial charge in [-0.25, -0.2) is 0 Å². The zero-order valence-corrected chi connectivity index (χ0v) is 10.1. The molecule has 1 aliphatic heterocycles. The third-order valence-corrected chi connectivity index (χ3v) is 3.37. The number of benzene rings is 1. The highest BCUT2D eigenvalue weighted by Crippen LogP contribution is 2.36. The van der Waals surface area contributed by atoms with E-state index in [-0.39, 0.29) is 5.41 Å². The fourth-order valence-corrected chi connectivity index (χ4v) is 2.33. The third-order valence-electron chi connectivity index (χ3n) is 3.37. The van der Waals surface area contributed by atoms with E-state index in [0.717, 1.165) is 13.1 Å². The molecule has 4 heteroatoms. The van der Waals surface area contributed by atoms with Crippen molar-refractivity contribution in [3.05, 3.63) is 42.0 Å². The van der Waals surface area contributed by atoms with Crippen LogP contribution in [0.15, 0.2) is 30.9 Å². The summed E-state index contributed by atoms with van der Waals surface area (Å²) in [6.45, 7) is 6.39. The summed E-state index contributed by atoms with van der Waals surface area (Å²) in [6, 6.07) is 6.62. The lowest BCUT2D eigenvalue weighted by Crippen LogP contribution is -2.19. The van der Waals surface area contributed by atoms with Gasteiger partial charge in [0, 0.05) is 17.6 Å². The van der Waals surface area contributed by atoms with Crippen LogP contribution in [-0.2, 0) is 12.0 Å². The SMILES string of the molecule is CC1(C)CNc2ccc(Cn3cnnc3)cc21. The quantitative estimate of drug-likeness (QED) is 0.855. The Morgan fingerprint density at radius 2 is 2.06 bits per heavy atom. The minimum Gasteiger partial charge on any atom is -0.384 e. The summed E-state index contributed by atoms with van der Waals surface area (Å²) in [5.74, 6) is 0. The highest BCUT2D eigenvalue weighted by atomic mass is 15.2. The Hall–Kier alpha value is -1.84. The van der Waals surface area contributed by atoms with Crippen molar-refractivity contribution in [1.82, 2.24) is 14.8 Å². The van der Waals surface area contributed by atoms with Crippen LogP contribution < -0.4 is 5.32 Å². The van der Waals surface area contributed by atoms with E-state index in [2.05, 4.69) is 47.6 Å². The zero-order valence-electron chi connectivity index (χ0n) is 10.1. The molecule has 0 atom stereocenters. The van der Waals surface area contributed by atoms with Crippen LogP contribution in [0.25, 0.3) is 0 Å². The molecular formula is C13H16N4. The molecular weight excluding hydrogens is 212 g/mol. The molecule has 4 nitrogen and oxygen atoms in total. The van der Waals surface area contributed by atoms with Gasteiger partial charge in [0.2, 0.25) is 0 Å². The summed E-state index contributed by atoms with van der Waals surface area (Å²) in [5.41, 5.74) is 4.18. The first-order valence-electron chi connectivity index (χ1n) is 5.85. The largest absolute Gasteiger partial charge is 0.384 e. The van der Waals surface area contributed by atoms with Crippen molar-refractivity contribution in [2.45, 2.75) is 25.8 Å². The van der Waals surface area contributed by atoms with Gasteiger partial charge in [-0.3, -0.25) is 0 Å². The summed E-state index contributed by atoms with van der Waals surface area (Å²) < 4.78 is 1.98. The number of hydrogen-bond acceptors (Lipinski definition) is 3. The predicted molar refractivity (Wildman–Crippen MR) is 67.1 cm³/mol. The van der Waals surface area contributed by atoms with Crippen LogP contribution in [0.1, 0.15) is 25.0 Å². The van der Waals surface area contributed by atoms with E-state index < -0.39 is 0 Å². The first-order chi connectivity index (χ1) is 8.15. The fraction of sp³-hybridized carbons (Fsp3) is 0.385. The molecule has 88 valence electrons. The maximum atomic E-state index is 3.82. The Bertz CT molecular complexity index is 528. The van der Waals surface area contributed by atoms with Crippen LogP contribution >= 0.6 is 0 Å². The van der Waals surface area contributed by atoms with Crippen molar-refractivity contribution in [2.75, 3.05) is 11.9 Å². The molecule has 17 heavy (non-hydrogen) atoms. The normalized spacial score (nSPS) is 16.6. The number of nitrogens with one attached hydrogen (secondary N) is 1. The van der Waals surface area contributed by atoms with Crippen molar-refractivity contribution in [3.63, 3.8) is 0 Å². The van der Waals surface area contributed by atoms with Crippen molar-refractivity contribution in [2.24, 2.45) is 0 Å². The molecule has 0 spiro atoms. The molecule has 1 aromatic carbocycles. The lowest BCUT2D eigenvalue weighted by molar-refractivity contribution is 0.585. The maximum absolute atomic E-state index is 3.82. The average molecular weight is 228 g/mol. The van der Waals surface area contributed by atoms with Gasteiger partial charge < -0.3 is 9.88 Å². The second-order valence-corrected chi connectivity index (χ2v) is 5.25. The van der Waals surface area contributed by atoms with Crippen LogP contribution in [0.2, 0.25) is 0 Å². The Balaban J connectivity index is 1.93. The summed E-state index contributed by atoms with van der Waals surface area (Å²) in [7, 11) is 0. The van der Waals surface area contributed by atoms with Crippen molar-refractivity contribution in [1.29, 1.82) is 0 Å². The highest BCUT2D eigenvalue weighted by molar-refractivity contribution is 5.60. The number of anilines is 1. The molecule has 3 rings (SSSR count). The average Bonchev–Trinajstić information content (AvgIpc) is 2.89. The first kappa shape index (κ1) is 10.3. The van der Waals surface area contributed by atoms with Crippen LogP contribution in [0.4, 0.5) is 5.69 Å². The molecule has 0 aliphatic carbocycles. The lowest BCUT2D eigenvalue weighted by atomic mass is 9.86. The molecule has 1 aromatic heterocycles. The van der Waals surface area contributed by atoms with Gasteiger partial charge in [0.1, 0.15) is 12.7 Å². The van der Waals surface area contributed by atoms with Crippen molar-refractivity contribution >= 4 is 5.69 Å². The molecule has 1 aliphatic rings. The standard InChI is InChI=1S/C13H16N4/c1-13(2)7-14-12-4-3-10(5-11(12)13)6-17-8-15-16-9-17/h3-5,8-9,14H,6-7H2,1-2H3. The molecule has 2 aromatic rings. The summed E-state index contributed by atoms with van der Waals surface area (Å²) in [5, 5.41) is 11.1. The van der Waals surface area contributed by atoms with E-state index in [9.17, 15) is 0 Å². The van der Waals surface area contributed by atoms with Gasteiger partial charge in [-0.05, 0) is 17.2 Å². The van der Waals surface area contributed by atoms with Crippen LogP contribution in [0, 0.1) is 0 Å². The molecule has 1 N–H and O–H groups in total. The number of nitrogens with zero attached hydrogens (tertiary/aromatic N) is 3. The van der Waals surface area contributed by atoms with E-state index in [1.54, 1.807) is 12.7 Å². The second-order valence-electron chi connectivity index (χ2n) is 5.25. The van der Waals surface area contributed by atoms with E-state index >= 15 is 0 Å². The molecule has 0 unspecified atom stereocenters. The molecule has 0 bridgehead atoms. The van der Waals surface area contributed by atoms with Crippen molar-refractivity contribution < 1.29 is 0 Å². The van der Waals surface area contributed by atoms with Crippen LogP contribution in [0.5, 0.6) is 0 Å². The molecule has 0 fully saturated rings. The van der Waals surface area contributed by atoms with Crippen molar-refractivity contribution in [3.8, 4) is 0 Å². The van der Waals surface area contributed by atoms with Gasteiger partial charge in [0.15, 0.2) is 0 Å². The Kier molecular flexibility index (Phi) is 2.18. The van der Waals surface area contributed by atoms with E-state index in [0.29, 0.717) is 0 Å². The smallest absolute Gasteiger partial charge is 0.119 e. The zero-order chi connectivity index (χ0) is 11.9. The second kappa shape index (κ2) is 3.58. The third kappa shape index (κ3) is 1.79. The molecule has 0 amide bonds. The van der Waals surface area contributed by atoms with Crippen LogP contribution in [-0.4, -0.2) is 21.3 Å². The van der Waals surface area contributed by atoms with Gasteiger partial charge in [0.05, 0.1) is 6.54 Å². The Morgan fingerprint density at radius 3 is 2.82 bits per heavy atom. The Morgan fingerprint density at radius 1 is 1.29 bits per heavy atom. The summed E-state index contributed by atoms with van der Waals surface area (Å²) in [6.07, 6.45) is 3.49. The highest BCUT2D eigenvalue weighted by Gasteiger charge is 2.29. The van der Waals surface area contributed by atoms with Gasteiger partial charge >= 0.3 is 0 Å². The fourth-order valence-electron chi connectivity index (χ4n) is 2.33. The summed E-state index contributed by atoms with van der Waals surface area (Å²) >= 11 is 0. The van der Waals surface area contributed by atoms with Gasteiger partial charge in [-0.2, -0.15) is 0 Å². The molecule has 0 saturated heterocycles. The number of fused-ring (bicyclic) bond motifs is 1. The number of rotatable bonds is 2. The van der Waals surface area contributed by atoms with E-state index in [4.69, 9.17) is 0 Å². The minimum absolute atomic E-state index is 0.221. The van der Waals surface area contributed by atoms with E-state index in [1.807, 2.05) is 4.57 Å². The monoisotopic (exact) mass is 228 g/mol. The van der Waals surface area contributed by atoms with Gasteiger partial charge in [0.25, 0.3) is 0 Å². The molecule has 2 heterocycles. The minimum atomic E-state index is 0.221. The van der Waals surface area contributed by atoms with E-state index in [1.165, 1.54) is 16.8 Å². The van der Waals surface area contributed by atoms with Gasteiger partial charge in [-0.15, -0.1) is 10.2 Å². The summed E-state index contributed by atoms with van der Waals surface area (Å²) in [4.78, 5) is 0. The Labute approximate surface area is 101 Å². The lowest BCUT2D eigenvalue weighted by Gasteiger charge is -2.17. The number of aromatic nitrogens is 3. The first-order valence-corrected chi connectivity index (χ1v) is 5.85. The van der Waals surface area contributed by atoms with Crippen LogP contribution in [0.3, 0.4) is 0 Å². The number of hydrogen-bond donors (Lipinski definition) is 1. The van der Waals surface area contributed by atoms with Gasteiger partial charge in [-0.1, -0.05) is 26.0 Å².